The zero-order chi connectivity index (χ0) is 11.6. The number of ether oxygens (including phenoxy) is 1. The van der Waals surface area contributed by atoms with Gasteiger partial charge >= 0.3 is 65.0 Å². The number of benzene rings is 1. The molecule has 0 fully saturated rings. The van der Waals surface area contributed by atoms with Crippen LogP contribution < -0.4 is 61.6 Å². The SMILES string of the molecule is Cc1cc(OC(F)F)ccc1[B-](F)(F)F.[K+]. The van der Waals surface area contributed by atoms with E-state index < -0.39 is 19.1 Å². The zero-order valence-electron chi connectivity index (χ0n) is 8.68. The summed E-state index contributed by atoms with van der Waals surface area (Å²) in [5.74, 6) is -0.272. The second-order valence-electron chi connectivity index (χ2n) is 2.97. The van der Waals surface area contributed by atoms with Crippen molar-refractivity contribution in [3.63, 3.8) is 0 Å². The summed E-state index contributed by atoms with van der Waals surface area (Å²) in [6.07, 6.45) is 0. The van der Waals surface area contributed by atoms with Gasteiger partial charge in [0.1, 0.15) is 5.75 Å². The second-order valence-corrected chi connectivity index (χ2v) is 2.97. The molecule has 0 aliphatic rings. The maximum atomic E-state index is 12.3. The molecule has 0 spiro atoms. The van der Waals surface area contributed by atoms with E-state index in [1.807, 2.05) is 0 Å². The van der Waals surface area contributed by atoms with Crippen LogP contribution in [0.5, 0.6) is 5.75 Å². The number of aryl methyl sites for hydroxylation is 1. The Morgan fingerprint density at radius 1 is 1.19 bits per heavy atom. The van der Waals surface area contributed by atoms with Gasteiger partial charge in [0.05, 0.1) is 0 Å². The average molecular weight is 264 g/mol. The van der Waals surface area contributed by atoms with E-state index >= 15 is 0 Å². The maximum Gasteiger partial charge on any atom is 1.00 e. The fourth-order valence-corrected chi connectivity index (χ4v) is 1.19. The van der Waals surface area contributed by atoms with Crippen LogP contribution in [0.15, 0.2) is 18.2 Å². The van der Waals surface area contributed by atoms with Crippen molar-refractivity contribution in [1.82, 2.24) is 0 Å². The van der Waals surface area contributed by atoms with Gasteiger partial charge in [-0.25, -0.2) is 0 Å². The largest absolute Gasteiger partial charge is 1.00 e. The predicted molar refractivity (Wildman–Crippen MR) is 46.5 cm³/mol. The fraction of sp³-hybridized carbons (Fsp3) is 0.250. The molecule has 0 aliphatic heterocycles. The summed E-state index contributed by atoms with van der Waals surface area (Å²) in [5, 5.41) is 0. The molecule has 0 heterocycles. The van der Waals surface area contributed by atoms with Gasteiger partial charge in [-0.3, -0.25) is 0 Å². The smallest absolute Gasteiger partial charge is 0.445 e. The molecule has 1 nitrogen and oxygen atoms in total. The first-order chi connectivity index (χ1) is 6.80. The quantitative estimate of drug-likeness (QED) is 0.536. The van der Waals surface area contributed by atoms with Crippen molar-refractivity contribution in [2.75, 3.05) is 0 Å². The van der Waals surface area contributed by atoms with Gasteiger partial charge in [-0.15, -0.1) is 5.46 Å². The Bertz CT molecular complexity index is 355. The molecule has 16 heavy (non-hydrogen) atoms. The Morgan fingerprint density at radius 3 is 2.12 bits per heavy atom. The van der Waals surface area contributed by atoms with Crippen molar-refractivity contribution in [3.8, 4) is 5.75 Å². The standard InChI is InChI=1S/C8H7BF5O.K/c1-5-4-6(15-8(10)11)2-3-7(5)9(12,13)14;/h2-4,8H,1H3;/q-1;+1. The van der Waals surface area contributed by atoms with Crippen molar-refractivity contribution in [2.45, 2.75) is 13.5 Å². The Morgan fingerprint density at radius 2 is 1.75 bits per heavy atom. The van der Waals surface area contributed by atoms with Crippen LogP contribution >= 0.6 is 0 Å². The first kappa shape index (κ1) is 16.4. The van der Waals surface area contributed by atoms with E-state index in [9.17, 15) is 21.7 Å². The minimum atomic E-state index is -5.11. The normalized spacial score (nSPS) is 11.2. The first-order valence-corrected chi connectivity index (χ1v) is 4.06. The van der Waals surface area contributed by atoms with E-state index in [-0.39, 0.29) is 62.7 Å². The van der Waals surface area contributed by atoms with Gasteiger partial charge in [0, 0.05) is 0 Å². The monoisotopic (exact) mass is 264 g/mol. The molecule has 0 bridgehead atoms. The second kappa shape index (κ2) is 6.34. The summed E-state index contributed by atoms with van der Waals surface area (Å²) in [5.41, 5.74) is -0.919. The van der Waals surface area contributed by atoms with Crippen molar-refractivity contribution in [1.29, 1.82) is 0 Å². The van der Waals surface area contributed by atoms with Gasteiger partial charge in [0.25, 0.3) is 0 Å². The van der Waals surface area contributed by atoms with Gasteiger partial charge < -0.3 is 17.7 Å². The predicted octanol–water partition coefficient (Wildman–Crippen LogP) is -0.345. The summed E-state index contributed by atoms with van der Waals surface area (Å²) in [6, 6.07) is 2.56. The Labute approximate surface area is 132 Å². The van der Waals surface area contributed by atoms with E-state index in [1.54, 1.807) is 0 Å². The van der Waals surface area contributed by atoms with E-state index in [1.165, 1.54) is 6.92 Å². The van der Waals surface area contributed by atoms with Crippen LogP contribution in [-0.2, 0) is 0 Å². The minimum Gasteiger partial charge on any atom is -0.445 e. The molecule has 0 N–H and O–H groups in total. The molecule has 0 saturated heterocycles. The van der Waals surface area contributed by atoms with Gasteiger partial charge in [0.2, 0.25) is 0 Å². The van der Waals surface area contributed by atoms with Crippen LogP contribution in [0.3, 0.4) is 0 Å². The number of rotatable bonds is 3. The Hall–Kier alpha value is 0.371. The molecule has 1 aromatic rings. The molecule has 0 amide bonds. The van der Waals surface area contributed by atoms with Crippen molar-refractivity contribution >= 4 is 12.4 Å². The van der Waals surface area contributed by atoms with E-state index in [2.05, 4.69) is 4.74 Å². The topological polar surface area (TPSA) is 9.23 Å². The number of hydrogen-bond donors (Lipinski definition) is 0. The molecule has 0 aromatic heterocycles. The third-order valence-electron chi connectivity index (χ3n) is 1.82. The maximum absolute atomic E-state index is 12.3. The Balaban J connectivity index is 0.00000225. The van der Waals surface area contributed by atoms with Gasteiger partial charge in [-0.05, 0) is 19.1 Å². The van der Waals surface area contributed by atoms with Gasteiger partial charge in [-0.2, -0.15) is 8.78 Å². The van der Waals surface area contributed by atoms with Crippen LogP contribution in [0, 0.1) is 6.92 Å². The van der Waals surface area contributed by atoms with Crippen molar-refractivity contribution in [2.24, 2.45) is 0 Å². The van der Waals surface area contributed by atoms with Crippen LogP contribution in [0.1, 0.15) is 5.56 Å². The summed E-state index contributed by atoms with van der Waals surface area (Å²) in [6.45, 7) is -6.95. The van der Waals surface area contributed by atoms with Crippen LogP contribution in [0.25, 0.3) is 0 Å². The fourth-order valence-electron chi connectivity index (χ4n) is 1.19. The summed E-state index contributed by atoms with van der Waals surface area (Å²) in [4.78, 5) is 0. The molecule has 1 rings (SSSR count). The third-order valence-corrected chi connectivity index (χ3v) is 1.82. The van der Waals surface area contributed by atoms with Crippen LogP contribution in [0.4, 0.5) is 21.7 Å². The molecule has 0 unspecified atom stereocenters. The molecule has 84 valence electrons. The van der Waals surface area contributed by atoms with Crippen LogP contribution in [-0.4, -0.2) is 13.6 Å². The molecule has 0 saturated carbocycles. The molecule has 8 heteroatoms. The zero-order valence-corrected chi connectivity index (χ0v) is 11.8. The van der Waals surface area contributed by atoms with Crippen LogP contribution in [0.2, 0.25) is 0 Å². The average Bonchev–Trinajstić information content (AvgIpc) is 1.99. The van der Waals surface area contributed by atoms with Gasteiger partial charge in [-0.1, -0.05) is 11.6 Å². The summed E-state index contributed by atoms with van der Waals surface area (Å²) in [7, 11) is 0. The minimum absolute atomic E-state index is 0. The van der Waals surface area contributed by atoms with Gasteiger partial charge in [0.15, 0.2) is 0 Å². The first-order valence-electron chi connectivity index (χ1n) is 4.06. The molecule has 0 aliphatic carbocycles. The van der Waals surface area contributed by atoms with E-state index in [0.29, 0.717) is 0 Å². The molecular formula is C8H7BF5KO. The summed E-state index contributed by atoms with van der Waals surface area (Å²) >= 11 is 0. The number of alkyl halides is 2. The molecule has 0 atom stereocenters. The third kappa shape index (κ3) is 4.70. The van der Waals surface area contributed by atoms with E-state index in [4.69, 9.17) is 0 Å². The molecular weight excluding hydrogens is 257 g/mol. The van der Waals surface area contributed by atoms with Crippen molar-refractivity contribution in [3.05, 3.63) is 23.8 Å². The van der Waals surface area contributed by atoms with E-state index in [0.717, 1.165) is 18.2 Å². The summed E-state index contributed by atoms with van der Waals surface area (Å²) < 4.78 is 64.4. The Kier molecular flexibility index (Phi) is 6.49. The number of halogens is 5. The molecule has 1 aromatic carbocycles. The molecule has 0 radical (unpaired) electrons. The van der Waals surface area contributed by atoms with Crippen molar-refractivity contribution < 1.29 is 77.8 Å². The number of hydrogen-bond acceptors (Lipinski definition) is 1.